The molecule has 0 N–H and O–H groups in total. The summed E-state index contributed by atoms with van der Waals surface area (Å²) in [6.07, 6.45) is 1.20. The summed E-state index contributed by atoms with van der Waals surface area (Å²) >= 11 is 3.43. The van der Waals surface area contributed by atoms with Crippen LogP contribution in [0.15, 0.2) is 28.7 Å². The molecule has 0 aliphatic carbocycles. The molecule has 1 aromatic rings. The molecule has 2 nitrogen and oxygen atoms in total. The van der Waals surface area contributed by atoms with Gasteiger partial charge in [-0.25, -0.2) is 0 Å². The van der Waals surface area contributed by atoms with Gasteiger partial charge in [0.2, 0.25) is 0 Å². The van der Waals surface area contributed by atoms with E-state index in [2.05, 4.69) is 34.7 Å². The molecule has 0 amide bonds. The van der Waals surface area contributed by atoms with Crippen molar-refractivity contribution in [1.82, 2.24) is 4.90 Å². The van der Waals surface area contributed by atoms with Gasteiger partial charge in [0, 0.05) is 11.0 Å². The molecule has 0 saturated heterocycles. The van der Waals surface area contributed by atoms with Crippen molar-refractivity contribution in [3.05, 3.63) is 28.7 Å². The Balaban J connectivity index is 2.29. The third-order valence-electron chi connectivity index (χ3n) is 2.46. The third kappa shape index (κ3) is 4.99. The molecule has 0 heterocycles. The Kier molecular flexibility index (Phi) is 6.50. The van der Waals surface area contributed by atoms with E-state index < -0.39 is 0 Å². The van der Waals surface area contributed by atoms with E-state index in [-0.39, 0.29) is 0 Å². The van der Waals surface area contributed by atoms with Gasteiger partial charge in [-0.2, -0.15) is 0 Å². The molecule has 0 aromatic heterocycles. The Morgan fingerprint density at radius 3 is 2.69 bits per heavy atom. The van der Waals surface area contributed by atoms with Crippen LogP contribution in [0.1, 0.15) is 20.3 Å². The minimum Gasteiger partial charge on any atom is -0.492 e. The van der Waals surface area contributed by atoms with Crippen LogP contribution in [0.25, 0.3) is 0 Å². The number of benzene rings is 1. The van der Waals surface area contributed by atoms with E-state index in [0.29, 0.717) is 0 Å². The van der Waals surface area contributed by atoms with Crippen molar-refractivity contribution in [2.75, 3.05) is 26.2 Å². The summed E-state index contributed by atoms with van der Waals surface area (Å²) in [5, 5.41) is 0. The van der Waals surface area contributed by atoms with Gasteiger partial charge in [0.05, 0.1) is 0 Å². The van der Waals surface area contributed by atoms with Gasteiger partial charge in [0.1, 0.15) is 12.4 Å². The minimum atomic E-state index is 0.754. The lowest BCUT2D eigenvalue weighted by Crippen LogP contribution is -2.28. The van der Waals surface area contributed by atoms with Gasteiger partial charge in [-0.05, 0) is 37.7 Å². The molecule has 0 radical (unpaired) electrons. The Bertz CT molecular complexity index is 304. The predicted molar refractivity (Wildman–Crippen MR) is 72.0 cm³/mol. The van der Waals surface area contributed by atoms with Crippen LogP contribution in [0.3, 0.4) is 0 Å². The zero-order valence-corrected chi connectivity index (χ0v) is 11.7. The lowest BCUT2D eigenvalue weighted by molar-refractivity contribution is 0.216. The van der Waals surface area contributed by atoms with Gasteiger partial charge in [-0.15, -0.1) is 0 Å². The van der Waals surface area contributed by atoms with Crippen LogP contribution in [-0.4, -0.2) is 31.1 Å². The Hall–Kier alpha value is -0.540. The summed E-state index contributed by atoms with van der Waals surface area (Å²) in [6.45, 7) is 8.39. The largest absolute Gasteiger partial charge is 0.492 e. The van der Waals surface area contributed by atoms with Gasteiger partial charge >= 0.3 is 0 Å². The normalized spacial score (nSPS) is 10.8. The van der Waals surface area contributed by atoms with Crippen molar-refractivity contribution >= 4 is 15.9 Å². The van der Waals surface area contributed by atoms with Crippen LogP contribution in [-0.2, 0) is 0 Å². The highest BCUT2D eigenvalue weighted by Gasteiger charge is 2.01. The molecule has 0 saturated carbocycles. The monoisotopic (exact) mass is 285 g/mol. The highest BCUT2D eigenvalue weighted by atomic mass is 79.9. The van der Waals surface area contributed by atoms with E-state index in [1.54, 1.807) is 0 Å². The summed E-state index contributed by atoms with van der Waals surface area (Å²) < 4.78 is 6.75. The second-order valence-electron chi connectivity index (χ2n) is 3.74. The van der Waals surface area contributed by atoms with Crippen LogP contribution >= 0.6 is 15.9 Å². The fourth-order valence-corrected chi connectivity index (χ4v) is 1.97. The number of halogens is 1. The maximum atomic E-state index is 5.69. The van der Waals surface area contributed by atoms with Crippen LogP contribution in [0.2, 0.25) is 0 Å². The molecule has 3 heteroatoms. The second-order valence-corrected chi connectivity index (χ2v) is 4.66. The first-order chi connectivity index (χ1) is 7.76. The van der Waals surface area contributed by atoms with Crippen LogP contribution in [0.5, 0.6) is 5.75 Å². The van der Waals surface area contributed by atoms with Gasteiger partial charge in [0.25, 0.3) is 0 Å². The number of hydrogen-bond donors (Lipinski definition) is 0. The Morgan fingerprint density at radius 1 is 1.25 bits per heavy atom. The molecule has 0 aliphatic heterocycles. The maximum absolute atomic E-state index is 5.69. The van der Waals surface area contributed by atoms with E-state index in [0.717, 1.165) is 36.5 Å². The molecule has 1 aromatic carbocycles. The summed E-state index contributed by atoms with van der Waals surface area (Å²) in [6, 6.07) is 7.97. The van der Waals surface area contributed by atoms with E-state index in [9.17, 15) is 0 Å². The molecular weight excluding hydrogens is 266 g/mol. The third-order valence-corrected chi connectivity index (χ3v) is 2.95. The average molecular weight is 286 g/mol. The first-order valence-corrected chi connectivity index (χ1v) is 6.66. The van der Waals surface area contributed by atoms with Crippen LogP contribution < -0.4 is 4.74 Å². The zero-order valence-electron chi connectivity index (χ0n) is 10.1. The first-order valence-electron chi connectivity index (χ1n) is 5.87. The molecule has 0 spiro atoms. The minimum absolute atomic E-state index is 0.754. The number of rotatable bonds is 7. The topological polar surface area (TPSA) is 12.5 Å². The molecule has 0 bridgehead atoms. The van der Waals surface area contributed by atoms with E-state index in [1.807, 2.05) is 24.3 Å². The molecule has 0 atom stereocenters. The van der Waals surface area contributed by atoms with Gasteiger partial charge in [-0.3, -0.25) is 0 Å². The van der Waals surface area contributed by atoms with E-state index in [4.69, 9.17) is 4.74 Å². The summed E-state index contributed by atoms with van der Waals surface area (Å²) in [4.78, 5) is 2.40. The SMILES string of the molecule is CCCN(CC)CCOc1cccc(Br)c1. The number of nitrogens with zero attached hydrogens (tertiary/aromatic N) is 1. The molecule has 0 aliphatic rings. The molecule has 90 valence electrons. The Morgan fingerprint density at radius 2 is 2.06 bits per heavy atom. The number of hydrogen-bond acceptors (Lipinski definition) is 2. The highest BCUT2D eigenvalue weighted by molar-refractivity contribution is 9.10. The average Bonchev–Trinajstić information content (AvgIpc) is 2.28. The first kappa shape index (κ1) is 13.5. The van der Waals surface area contributed by atoms with Gasteiger partial charge in [0.15, 0.2) is 0 Å². The van der Waals surface area contributed by atoms with E-state index in [1.165, 1.54) is 6.42 Å². The quantitative estimate of drug-likeness (QED) is 0.760. The summed E-state index contributed by atoms with van der Waals surface area (Å²) in [5.41, 5.74) is 0. The van der Waals surface area contributed by atoms with Crippen LogP contribution in [0.4, 0.5) is 0 Å². The zero-order chi connectivity index (χ0) is 11.8. The molecular formula is C13H20BrNO. The summed E-state index contributed by atoms with van der Waals surface area (Å²) in [7, 11) is 0. The Labute approximate surface area is 107 Å². The number of ether oxygens (including phenoxy) is 1. The van der Waals surface area contributed by atoms with Gasteiger partial charge < -0.3 is 9.64 Å². The lowest BCUT2D eigenvalue weighted by atomic mass is 10.3. The molecule has 0 unspecified atom stereocenters. The van der Waals surface area contributed by atoms with Crippen molar-refractivity contribution in [2.24, 2.45) is 0 Å². The van der Waals surface area contributed by atoms with Crippen molar-refractivity contribution < 1.29 is 4.74 Å². The second kappa shape index (κ2) is 7.69. The van der Waals surface area contributed by atoms with Crippen molar-refractivity contribution in [3.8, 4) is 5.75 Å². The molecule has 0 fully saturated rings. The predicted octanol–water partition coefficient (Wildman–Crippen LogP) is 3.56. The maximum Gasteiger partial charge on any atom is 0.120 e. The fourth-order valence-electron chi connectivity index (χ4n) is 1.59. The van der Waals surface area contributed by atoms with E-state index >= 15 is 0 Å². The smallest absolute Gasteiger partial charge is 0.120 e. The lowest BCUT2D eigenvalue weighted by Gasteiger charge is -2.19. The van der Waals surface area contributed by atoms with Crippen LogP contribution in [0, 0.1) is 0 Å². The molecule has 1 rings (SSSR count). The summed E-state index contributed by atoms with van der Waals surface area (Å²) in [5.74, 6) is 0.932. The van der Waals surface area contributed by atoms with Gasteiger partial charge in [-0.1, -0.05) is 35.8 Å². The number of likely N-dealkylation sites (N-methyl/N-ethyl adjacent to an activating group) is 1. The van der Waals surface area contributed by atoms with Crippen molar-refractivity contribution in [2.45, 2.75) is 20.3 Å². The van der Waals surface area contributed by atoms with Crippen molar-refractivity contribution in [3.63, 3.8) is 0 Å². The van der Waals surface area contributed by atoms with Crippen molar-refractivity contribution in [1.29, 1.82) is 0 Å². The standard InChI is InChI=1S/C13H20BrNO/c1-3-8-15(4-2)9-10-16-13-7-5-6-12(14)11-13/h5-7,11H,3-4,8-10H2,1-2H3. The highest BCUT2D eigenvalue weighted by Crippen LogP contribution is 2.17. The molecule has 16 heavy (non-hydrogen) atoms. The fraction of sp³-hybridized carbons (Fsp3) is 0.538.